The number of hydrogen-bond acceptors (Lipinski definition) is 7. The molecule has 0 aliphatic carbocycles. The highest BCUT2D eigenvalue weighted by molar-refractivity contribution is 7.98. The third kappa shape index (κ3) is 4.88. The van der Waals surface area contributed by atoms with Crippen LogP contribution in [0.3, 0.4) is 0 Å². The van der Waals surface area contributed by atoms with Crippen molar-refractivity contribution in [1.29, 1.82) is 0 Å². The van der Waals surface area contributed by atoms with Crippen molar-refractivity contribution in [2.75, 3.05) is 38.9 Å². The smallest absolute Gasteiger partial charge is 0.243 e. The number of ether oxygens (including phenoxy) is 2. The SMILES string of the molecule is COc1ccc(S(=O)(=O)N2CCC(C(=O)Nc3ccc(SC)nc3)CC2)cc1OC. The minimum atomic E-state index is -3.68. The molecule has 10 heteroatoms. The van der Waals surface area contributed by atoms with Crippen molar-refractivity contribution in [2.24, 2.45) is 5.92 Å². The largest absolute Gasteiger partial charge is 0.493 e. The van der Waals surface area contributed by atoms with Crippen LogP contribution in [0.1, 0.15) is 12.8 Å². The first-order valence-corrected chi connectivity index (χ1v) is 12.1. The number of carbonyl (C=O) groups excluding carboxylic acids is 1. The summed E-state index contributed by atoms with van der Waals surface area (Å²) in [5.74, 6) is 0.458. The van der Waals surface area contributed by atoms with E-state index in [1.165, 1.54) is 42.4 Å². The molecule has 2 aromatic rings. The van der Waals surface area contributed by atoms with E-state index in [-0.39, 0.29) is 29.8 Å². The van der Waals surface area contributed by atoms with Crippen LogP contribution in [0, 0.1) is 5.92 Å². The van der Waals surface area contributed by atoms with E-state index in [2.05, 4.69) is 10.3 Å². The molecule has 1 saturated heterocycles. The summed E-state index contributed by atoms with van der Waals surface area (Å²) in [6, 6.07) is 8.19. The second kappa shape index (κ2) is 9.67. The number of nitrogens with zero attached hydrogens (tertiary/aromatic N) is 2. The molecule has 0 atom stereocenters. The van der Waals surface area contributed by atoms with Gasteiger partial charge in [0.05, 0.1) is 36.0 Å². The molecular weight excluding hydrogens is 426 g/mol. The van der Waals surface area contributed by atoms with Gasteiger partial charge in [0.25, 0.3) is 0 Å². The monoisotopic (exact) mass is 451 g/mol. The van der Waals surface area contributed by atoms with Gasteiger partial charge in [-0.3, -0.25) is 4.79 Å². The zero-order chi connectivity index (χ0) is 21.7. The summed E-state index contributed by atoms with van der Waals surface area (Å²) in [7, 11) is -0.726. The number of carbonyl (C=O) groups is 1. The Kier molecular flexibility index (Phi) is 7.22. The Labute approximate surface area is 181 Å². The van der Waals surface area contributed by atoms with Gasteiger partial charge >= 0.3 is 0 Å². The lowest BCUT2D eigenvalue weighted by Gasteiger charge is -2.30. The number of amides is 1. The van der Waals surface area contributed by atoms with E-state index in [0.717, 1.165) is 5.03 Å². The zero-order valence-electron chi connectivity index (χ0n) is 17.1. The normalized spacial score (nSPS) is 15.6. The number of thioether (sulfide) groups is 1. The van der Waals surface area contributed by atoms with Gasteiger partial charge in [-0.15, -0.1) is 11.8 Å². The number of nitrogens with one attached hydrogen (secondary N) is 1. The second-order valence-corrected chi connectivity index (χ2v) is 9.54. The number of methoxy groups -OCH3 is 2. The summed E-state index contributed by atoms with van der Waals surface area (Å²) in [5.41, 5.74) is 0.637. The summed E-state index contributed by atoms with van der Waals surface area (Å²) >= 11 is 1.53. The van der Waals surface area contributed by atoms with Crippen LogP contribution in [0.4, 0.5) is 5.69 Å². The number of pyridine rings is 1. The molecule has 1 aliphatic heterocycles. The molecule has 1 aliphatic rings. The van der Waals surface area contributed by atoms with E-state index in [9.17, 15) is 13.2 Å². The first-order chi connectivity index (χ1) is 14.4. The Morgan fingerprint density at radius 3 is 2.40 bits per heavy atom. The molecule has 3 rings (SSSR count). The molecule has 1 N–H and O–H groups in total. The average molecular weight is 452 g/mol. The van der Waals surface area contributed by atoms with Gasteiger partial charge in [-0.1, -0.05) is 0 Å². The number of hydrogen-bond donors (Lipinski definition) is 1. The molecule has 162 valence electrons. The maximum atomic E-state index is 13.0. The van der Waals surface area contributed by atoms with Crippen LogP contribution in [0.5, 0.6) is 11.5 Å². The van der Waals surface area contributed by atoms with Crippen molar-refractivity contribution in [2.45, 2.75) is 22.8 Å². The van der Waals surface area contributed by atoms with E-state index in [1.807, 2.05) is 18.4 Å². The van der Waals surface area contributed by atoms with Gasteiger partial charge in [0.2, 0.25) is 15.9 Å². The molecule has 2 heterocycles. The summed E-state index contributed by atoms with van der Waals surface area (Å²) in [5, 5.41) is 3.74. The van der Waals surface area contributed by atoms with Crippen molar-refractivity contribution >= 4 is 33.4 Å². The Bertz CT molecular complexity index is 988. The Hall–Kier alpha value is -2.30. The zero-order valence-corrected chi connectivity index (χ0v) is 18.8. The van der Waals surface area contributed by atoms with Crippen molar-refractivity contribution in [1.82, 2.24) is 9.29 Å². The molecule has 1 fully saturated rings. The Balaban J connectivity index is 1.63. The number of rotatable bonds is 7. The molecule has 8 nitrogen and oxygen atoms in total. The van der Waals surface area contributed by atoms with E-state index < -0.39 is 10.0 Å². The molecular formula is C20H25N3O5S2. The molecule has 0 radical (unpaired) electrons. The standard InChI is InChI=1S/C20H25N3O5S2/c1-27-17-6-5-16(12-18(17)28-2)30(25,26)23-10-8-14(9-11-23)20(24)22-15-4-7-19(29-3)21-13-15/h4-7,12-14H,8-11H2,1-3H3,(H,22,24). The lowest BCUT2D eigenvalue weighted by atomic mass is 9.97. The fourth-order valence-electron chi connectivity index (χ4n) is 3.30. The second-order valence-electron chi connectivity index (χ2n) is 6.77. The highest BCUT2D eigenvalue weighted by Crippen LogP contribution is 2.32. The van der Waals surface area contributed by atoms with Gasteiger partial charge in [0.1, 0.15) is 0 Å². The summed E-state index contributed by atoms with van der Waals surface area (Å²) in [6.07, 6.45) is 4.47. The lowest BCUT2D eigenvalue weighted by molar-refractivity contribution is -0.120. The maximum absolute atomic E-state index is 13.0. The molecule has 0 unspecified atom stereocenters. The first kappa shape index (κ1) is 22.4. The van der Waals surface area contributed by atoms with Gasteiger partial charge in [-0.2, -0.15) is 4.31 Å². The van der Waals surface area contributed by atoms with Crippen LogP contribution in [0.2, 0.25) is 0 Å². The van der Waals surface area contributed by atoms with Gasteiger partial charge in [-0.25, -0.2) is 13.4 Å². The van der Waals surface area contributed by atoms with Crippen LogP contribution in [0.15, 0.2) is 46.5 Å². The number of anilines is 1. The van der Waals surface area contributed by atoms with Crippen LogP contribution >= 0.6 is 11.8 Å². The predicted octanol–water partition coefficient (Wildman–Crippen LogP) is 2.86. The minimum Gasteiger partial charge on any atom is -0.493 e. The predicted molar refractivity (Wildman–Crippen MR) is 116 cm³/mol. The van der Waals surface area contributed by atoms with Crippen LogP contribution in [-0.4, -0.2) is 57.2 Å². The van der Waals surface area contributed by atoms with E-state index >= 15 is 0 Å². The van der Waals surface area contributed by atoms with Crippen molar-refractivity contribution in [3.05, 3.63) is 36.5 Å². The third-order valence-electron chi connectivity index (χ3n) is 5.03. The average Bonchev–Trinajstić information content (AvgIpc) is 2.79. The van der Waals surface area contributed by atoms with Crippen LogP contribution in [-0.2, 0) is 14.8 Å². The van der Waals surface area contributed by atoms with E-state index in [4.69, 9.17) is 9.47 Å². The summed E-state index contributed by atoms with van der Waals surface area (Å²) in [6.45, 7) is 0.552. The molecule has 1 aromatic carbocycles. The topological polar surface area (TPSA) is 97.8 Å². The maximum Gasteiger partial charge on any atom is 0.243 e. The minimum absolute atomic E-state index is 0.114. The molecule has 0 spiro atoms. The van der Waals surface area contributed by atoms with Gasteiger partial charge in [0, 0.05) is 25.1 Å². The third-order valence-corrected chi connectivity index (χ3v) is 7.58. The molecule has 0 bridgehead atoms. The molecule has 1 aromatic heterocycles. The van der Waals surface area contributed by atoms with Crippen molar-refractivity contribution in [3.63, 3.8) is 0 Å². The van der Waals surface area contributed by atoms with E-state index in [1.54, 1.807) is 12.3 Å². The Morgan fingerprint density at radius 2 is 1.83 bits per heavy atom. The highest BCUT2D eigenvalue weighted by atomic mass is 32.2. The summed E-state index contributed by atoms with van der Waals surface area (Å²) in [4.78, 5) is 16.9. The van der Waals surface area contributed by atoms with Gasteiger partial charge in [-0.05, 0) is 43.4 Å². The number of piperidine rings is 1. The van der Waals surface area contributed by atoms with Gasteiger partial charge < -0.3 is 14.8 Å². The van der Waals surface area contributed by atoms with E-state index in [0.29, 0.717) is 30.0 Å². The summed E-state index contributed by atoms with van der Waals surface area (Å²) < 4.78 is 37.8. The highest BCUT2D eigenvalue weighted by Gasteiger charge is 2.32. The van der Waals surface area contributed by atoms with Gasteiger partial charge in [0.15, 0.2) is 11.5 Å². The number of aromatic nitrogens is 1. The fraction of sp³-hybridized carbons (Fsp3) is 0.400. The number of benzene rings is 1. The molecule has 0 saturated carbocycles. The number of sulfonamides is 1. The lowest BCUT2D eigenvalue weighted by Crippen LogP contribution is -2.41. The van der Waals surface area contributed by atoms with Crippen LogP contribution < -0.4 is 14.8 Å². The Morgan fingerprint density at radius 1 is 1.13 bits per heavy atom. The fourth-order valence-corrected chi connectivity index (χ4v) is 5.15. The van der Waals surface area contributed by atoms with Crippen molar-refractivity contribution in [3.8, 4) is 11.5 Å². The first-order valence-electron chi connectivity index (χ1n) is 9.42. The van der Waals surface area contributed by atoms with Crippen LogP contribution in [0.25, 0.3) is 0 Å². The molecule has 1 amide bonds. The van der Waals surface area contributed by atoms with Crippen molar-refractivity contribution < 1.29 is 22.7 Å². The quantitative estimate of drug-likeness (QED) is 0.647. The molecule has 30 heavy (non-hydrogen) atoms.